The van der Waals surface area contributed by atoms with Crippen LogP contribution < -0.4 is 0 Å². The maximum absolute atomic E-state index is 10.7. The molecule has 11 heavy (non-hydrogen) atoms. The lowest BCUT2D eigenvalue weighted by Crippen LogP contribution is -2.00. The predicted octanol–water partition coefficient (Wildman–Crippen LogP) is 0.824. The lowest BCUT2D eigenvalue weighted by molar-refractivity contribution is 0.392. The van der Waals surface area contributed by atoms with E-state index in [9.17, 15) is 8.42 Å². The minimum absolute atomic E-state index is 0.0561. The largest absolute Gasteiger partial charge is 0.350 e. The van der Waals surface area contributed by atoms with Crippen LogP contribution in [0.2, 0.25) is 0 Å². The van der Waals surface area contributed by atoms with E-state index in [1.165, 1.54) is 0 Å². The van der Waals surface area contributed by atoms with Crippen molar-refractivity contribution < 1.29 is 12.9 Å². The van der Waals surface area contributed by atoms with Crippen molar-refractivity contribution in [3.8, 4) is 0 Å². The van der Waals surface area contributed by atoms with Crippen molar-refractivity contribution in [3.63, 3.8) is 0 Å². The van der Waals surface area contributed by atoms with Gasteiger partial charge in [0.1, 0.15) is 0 Å². The van der Waals surface area contributed by atoms with E-state index in [0.717, 1.165) is 6.26 Å². The van der Waals surface area contributed by atoms with Crippen molar-refractivity contribution in [3.05, 3.63) is 15.5 Å². The van der Waals surface area contributed by atoms with E-state index in [0.29, 0.717) is 9.46 Å². The molecular weight excluding hydrogens is 281 g/mol. The molecule has 0 spiro atoms. The average molecular weight is 287 g/mol. The monoisotopic (exact) mass is 287 g/mol. The zero-order valence-corrected chi connectivity index (χ0v) is 8.72. The van der Waals surface area contributed by atoms with E-state index in [2.05, 4.69) is 9.68 Å². The minimum Gasteiger partial charge on any atom is -0.350 e. The van der Waals surface area contributed by atoms with E-state index in [4.69, 9.17) is 0 Å². The van der Waals surface area contributed by atoms with Gasteiger partial charge in [-0.1, -0.05) is 5.16 Å². The lowest BCUT2D eigenvalue weighted by atomic mass is 10.5. The van der Waals surface area contributed by atoms with Crippen LogP contribution in [-0.2, 0) is 15.6 Å². The highest BCUT2D eigenvalue weighted by Gasteiger charge is 2.08. The van der Waals surface area contributed by atoms with Crippen LogP contribution in [0.15, 0.2) is 10.6 Å². The number of aromatic nitrogens is 1. The van der Waals surface area contributed by atoms with Crippen LogP contribution in [0.3, 0.4) is 0 Å². The number of hydrogen-bond donors (Lipinski definition) is 0. The molecule has 0 aliphatic rings. The highest BCUT2D eigenvalue weighted by molar-refractivity contribution is 14.1. The van der Waals surface area contributed by atoms with Gasteiger partial charge in [0.25, 0.3) is 0 Å². The second-order valence-electron chi connectivity index (χ2n) is 2.19. The Morgan fingerprint density at radius 3 is 2.73 bits per heavy atom. The molecule has 62 valence electrons. The van der Waals surface area contributed by atoms with Crippen molar-refractivity contribution in [1.82, 2.24) is 5.16 Å². The molecule has 0 amide bonds. The Morgan fingerprint density at radius 2 is 2.36 bits per heavy atom. The van der Waals surface area contributed by atoms with Crippen LogP contribution in [-0.4, -0.2) is 19.8 Å². The molecule has 0 aliphatic carbocycles. The first-order valence-electron chi connectivity index (χ1n) is 2.76. The molecule has 0 radical (unpaired) electrons. The Balaban J connectivity index is 2.81. The SMILES string of the molecule is CS(=O)(=O)Cc1cc(I)on1. The Bertz CT molecular complexity index is 342. The zero-order chi connectivity index (χ0) is 8.48. The average Bonchev–Trinajstić information content (AvgIpc) is 2.10. The van der Waals surface area contributed by atoms with Crippen LogP contribution in [0.25, 0.3) is 0 Å². The maximum Gasteiger partial charge on any atom is 0.196 e. The molecule has 0 bridgehead atoms. The molecule has 0 aliphatic heterocycles. The van der Waals surface area contributed by atoms with Crippen molar-refractivity contribution in [1.29, 1.82) is 0 Å². The summed E-state index contributed by atoms with van der Waals surface area (Å²) in [5, 5.41) is 3.54. The van der Waals surface area contributed by atoms with E-state index >= 15 is 0 Å². The maximum atomic E-state index is 10.7. The molecule has 0 unspecified atom stereocenters. The fraction of sp³-hybridized carbons (Fsp3) is 0.400. The number of hydrogen-bond acceptors (Lipinski definition) is 4. The summed E-state index contributed by atoms with van der Waals surface area (Å²) in [4.78, 5) is 0. The van der Waals surface area contributed by atoms with Gasteiger partial charge in [-0.25, -0.2) is 8.42 Å². The van der Waals surface area contributed by atoms with Crippen LogP contribution in [0.4, 0.5) is 0 Å². The molecule has 0 atom stereocenters. The summed E-state index contributed by atoms with van der Waals surface area (Å²) in [5.74, 6) is -0.0561. The third-order valence-electron chi connectivity index (χ3n) is 0.940. The molecule has 4 nitrogen and oxygen atoms in total. The van der Waals surface area contributed by atoms with E-state index in [1.54, 1.807) is 6.07 Å². The first-order valence-corrected chi connectivity index (χ1v) is 5.90. The normalized spacial score (nSPS) is 11.8. The van der Waals surface area contributed by atoms with E-state index in [1.807, 2.05) is 22.6 Å². The van der Waals surface area contributed by atoms with Gasteiger partial charge in [-0.3, -0.25) is 0 Å². The second kappa shape index (κ2) is 3.10. The van der Waals surface area contributed by atoms with Gasteiger partial charge in [0, 0.05) is 34.9 Å². The van der Waals surface area contributed by atoms with E-state index in [-0.39, 0.29) is 5.75 Å². The predicted molar refractivity (Wildman–Crippen MR) is 47.8 cm³/mol. The first-order chi connectivity index (χ1) is 4.97. The summed E-state index contributed by atoms with van der Waals surface area (Å²) >= 11 is 1.93. The fourth-order valence-corrected chi connectivity index (χ4v) is 1.75. The molecule has 0 saturated heterocycles. The van der Waals surface area contributed by atoms with Gasteiger partial charge < -0.3 is 4.52 Å². The van der Waals surface area contributed by atoms with Crippen LogP contribution in [0.1, 0.15) is 5.69 Å². The molecule has 1 aromatic rings. The summed E-state index contributed by atoms with van der Waals surface area (Å²) in [5.41, 5.74) is 0.455. The van der Waals surface area contributed by atoms with Gasteiger partial charge in [-0.15, -0.1) is 0 Å². The minimum atomic E-state index is -2.99. The van der Waals surface area contributed by atoms with E-state index < -0.39 is 9.84 Å². The summed E-state index contributed by atoms with van der Waals surface area (Å²) in [7, 11) is -2.99. The van der Waals surface area contributed by atoms with Crippen LogP contribution in [0, 0.1) is 3.77 Å². The smallest absolute Gasteiger partial charge is 0.196 e. The summed E-state index contributed by atoms with van der Waals surface area (Å²) in [6.45, 7) is 0. The summed E-state index contributed by atoms with van der Waals surface area (Å²) < 4.78 is 26.7. The first kappa shape index (κ1) is 8.98. The van der Waals surface area contributed by atoms with Gasteiger partial charge in [0.05, 0.1) is 11.4 Å². The number of nitrogens with zero attached hydrogens (tertiary/aromatic N) is 1. The zero-order valence-electron chi connectivity index (χ0n) is 5.74. The standard InChI is InChI=1S/C5H6INO3S/c1-11(8,9)3-4-2-5(6)10-7-4/h2H,3H2,1H3. The molecule has 0 saturated carbocycles. The Kier molecular flexibility index (Phi) is 2.53. The van der Waals surface area contributed by atoms with Crippen LogP contribution in [0.5, 0.6) is 0 Å². The quantitative estimate of drug-likeness (QED) is 0.756. The molecule has 0 N–H and O–H groups in total. The third-order valence-corrected chi connectivity index (χ3v) is 2.27. The molecule has 0 aromatic carbocycles. The third kappa shape index (κ3) is 3.19. The Morgan fingerprint density at radius 1 is 1.73 bits per heavy atom. The van der Waals surface area contributed by atoms with Gasteiger partial charge in [0.15, 0.2) is 13.6 Å². The van der Waals surface area contributed by atoms with Crippen molar-refractivity contribution in [2.24, 2.45) is 0 Å². The van der Waals surface area contributed by atoms with Crippen molar-refractivity contribution >= 4 is 32.4 Å². The molecule has 6 heteroatoms. The van der Waals surface area contributed by atoms with Gasteiger partial charge in [0.2, 0.25) is 0 Å². The number of rotatable bonds is 2. The number of sulfone groups is 1. The van der Waals surface area contributed by atoms with Crippen molar-refractivity contribution in [2.45, 2.75) is 5.75 Å². The van der Waals surface area contributed by atoms with Gasteiger partial charge >= 0.3 is 0 Å². The summed E-state index contributed by atoms with van der Waals surface area (Å²) in [6, 6.07) is 1.60. The number of halogens is 1. The molecule has 1 heterocycles. The summed E-state index contributed by atoms with van der Waals surface area (Å²) in [6.07, 6.45) is 1.16. The Labute approximate surface area is 78.0 Å². The molecule has 1 aromatic heterocycles. The van der Waals surface area contributed by atoms with Gasteiger partial charge in [-0.05, 0) is 0 Å². The topological polar surface area (TPSA) is 60.2 Å². The van der Waals surface area contributed by atoms with Crippen LogP contribution >= 0.6 is 22.6 Å². The lowest BCUT2D eigenvalue weighted by Gasteiger charge is -1.88. The molecular formula is C5H6INO3S. The highest BCUT2D eigenvalue weighted by atomic mass is 127. The molecule has 0 fully saturated rings. The fourth-order valence-electron chi connectivity index (χ4n) is 0.623. The Hall–Kier alpha value is -0.110. The molecule has 1 rings (SSSR count). The van der Waals surface area contributed by atoms with Gasteiger partial charge in [-0.2, -0.15) is 0 Å². The highest BCUT2D eigenvalue weighted by Crippen LogP contribution is 2.08. The second-order valence-corrected chi connectivity index (χ2v) is 5.40. The van der Waals surface area contributed by atoms with Crippen molar-refractivity contribution in [2.75, 3.05) is 6.26 Å².